The molecule has 2 aliphatic rings. The topological polar surface area (TPSA) is 125 Å². The summed E-state index contributed by atoms with van der Waals surface area (Å²) in [6.45, 7) is 0. The molecule has 1 amide bonds. The van der Waals surface area contributed by atoms with Crippen molar-refractivity contribution in [3.63, 3.8) is 0 Å². The second-order valence-corrected chi connectivity index (χ2v) is 7.88. The molecule has 2 aromatic carbocycles. The molecular weight excluding hydrogens is 386 g/mol. The van der Waals surface area contributed by atoms with E-state index in [1.807, 2.05) is 30.3 Å². The van der Waals surface area contributed by atoms with Crippen molar-refractivity contribution in [3.05, 3.63) is 69.8 Å². The van der Waals surface area contributed by atoms with Gasteiger partial charge in [0.25, 0.3) is 11.6 Å². The van der Waals surface area contributed by atoms with Crippen LogP contribution in [0.25, 0.3) is 0 Å². The van der Waals surface area contributed by atoms with E-state index in [4.69, 9.17) is 10.5 Å². The molecule has 30 heavy (non-hydrogen) atoms. The number of rotatable bonds is 5. The molecule has 2 unspecified atom stereocenters. The van der Waals surface area contributed by atoms with Gasteiger partial charge in [0.1, 0.15) is 6.04 Å². The van der Waals surface area contributed by atoms with Crippen LogP contribution in [-0.4, -0.2) is 28.4 Å². The summed E-state index contributed by atoms with van der Waals surface area (Å²) in [6.07, 6.45) is 3.33. The molecular formula is C22H23N3O5. The smallest absolute Gasteiger partial charge is 0.330 e. The number of carbonyl (C=O) groups excluding carboxylic acids is 2. The van der Waals surface area contributed by atoms with Crippen molar-refractivity contribution in [3.8, 4) is 0 Å². The van der Waals surface area contributed by atoms with Crippen LogP contribution < -0.4 is 11.1 Å². The standard InChI is InChI=1S/C22H23N3O5/c23-21(27)22(11-5-2-6-12-22)30-20(26)19-18(14-7-3-1-4-8-14)16-13-15(25(28)29)9-10-17(16)24-19/h1,3-4,7-10,13,18-19,24H,2,5-6,11-12H2,(H2,23,27). The molecule has 1 aliphatic heterocycles. The SMILES string of the molecule is NC(=O)C1(OC(=O)C2Nc3ccc([N+](=O)[O-])cc3C2c2ccccc2)CCCCC1. The molecule has 0 saturated heterocycles. The zero-order valence-corrected chi connectivity index (χ0v) is 16.4. The molecule has 2 atom stereocenters. The molecule has 0 radical (unpaired) electrons. The Bertz CT molecular complexity index is 986. The monoisotopic (exact) mass is 409 g/mol. The third-order valence-electron chi connectivity index (χ3n) is 6.04. The third-order valence-corrected chi connectivity index (χ3v) is 6.04. The Morgan fingerprint density at radius 2 is 1.80 bits per heavy atom. The molecule has 4 rings (SSSR count). The Morgan fingerprint density at radius 3 is 2.43 bits per heavy atom. The van der Waals surface area contributed by atoms with Crippen LogP contribution in [0.1, 0.15) is 49.1 Å². The molecule has 1 saturated carbocycles. The van der Waals surface area contributed by atoms with Gasteiger partial charge in [0.05, 0.1) is 4.92 Å². The number of ether oxygens (including phenoxy) is 1. The van der Waals surface area contributed by atoms with Gasteiger partial charge in [-0.3, -0.25) is 14.9 Å². The number of anilines is 1. The molecule has 1 heterocycles. The van der Waals surface area contributed by atoms with E-state index in [0.717, 1.165) is 24.8 Å². The summed E-state index contributed by atoms with van der Waals surface area (Å²) < 4.78 is 5.78. The number of hydrogen-bond acceptors (Lipinski definition) is 6. The molecule has 8 nitrogen and oxygen atoms in total. The van der Waals surface area contributed by atoms with Gasteiger partial charge in [-0.25, -0.2) is 4.79 Å². The maximum absolute atomic E-state index is 13.3. The van der Waals surface area contributed by atoms with Gasteiger partial charge in [-0.1, -0.05) is 36.8 Å². The lowest BCUT2D eigenvalue weighted by Gasteiger charge is -2.35. The van der Waals surface area contributed by atoms with Gasteiger partial charge < -0.3 is 15.8 Å². The molecule has 0 spiro atoms. The van der Waals surface area contributed by atoms with E-state index in [1.54, 1.807) is 6.07 Å². The first kappa shape index (κ1) is 19.9. The third kappa shape index (κ3) is 3.49. The normalized spacial score (nSPS) is 21.9. The fraction of sp³-hybridized carbons (Fsp3) is 0.364. The van der Waals surface area contributed by atoms with Gasteiger partial charge in [-0.15, -0.1) is 0 Å². The number of hydrogen-bond donors (Lipinski definition) is 2. The Hall–Kier alpha value is -3.42. The van der Waals surface area contributed by atoms with Gasteiger partial charge in [0.2, 0.25) is 0 Å². The lowest BCUT2D eigenvalue weighted by Crippen LogP contribution is -2.51. The second-order valence-electron chi connectivity index (χ2n) is 7.88. The molecule has 2 aromatic rings. The number of amides is 1. The highest BCUT2D eigenvalue weighted by molar-refractivity contribution is 5.91. The summed E-state index contributed by atoms with van der Waals surface area (Å²) in [7, 11) is 0. The summed E-state index contributed by atoms with van der Waals surface area (Å²) in [5.74, 6) is -1.69. The van der Waals surface area contributed by atoms with Gasteiger partial charge in [0.15, 0.2) is 5.60 Å². The van der Waals surface area contributed by atoms with Crippen molar-refractivity contribution >= 4 is 23.3 Å². The van der Waals surface area contributed by atoms with Gasteiger partial charge in [-0.2, -0.15) is 0 Å². The van der Waals surface area contributed by atoms with Crippen molar-refractivity contribution in [1.82, 2.24) is 0 Å². The van der Waals surface area contributed by atoms with E-state index in [9.17, 15) is 19.7 Å². The largest absolute Gasteiger partial charge is 0.447 e. The molecule has 156 valence electrons. The van der Waals surface area contributed by atoms with Crippen molar-refractivity contribution in [2.75, 3.05) is 5.32 Å². The van der Waals surface area contributed by atoms with E-state index in [1.165, 1.54) is 12.1 Å². The number of nitro groups is 1. The summed E-state index contributed by atoms with van der Waals surface area (Å²) in [5, 5.41) is 14.4. The predicted molar refractivity (Wildman–Crippen MR) is 110 cm³/mol. The first-order valence-electron chi connectivity index (χ1n) is 10.0. The van der Waals surface area contributed by atoms with Crippen LogP contribution in [-0.2, 0) is 14.3 Å². The summed E-state index contributed by atoms with van der Waals surface area (Å²) >= 11 is 0. The van der Waals surface area contributed by atoms with E-state index >= 15 is 0 Å². The maximum atomic E-state index is 13.3. The number of primary amides is 1. The Morgan fingerprint density at radius 1 is 1.10 bits per heavy atom. The van der Waals surface area contributed by atoms with E-state index in [2.05, 4.69) is 5.32 Å². The quantitative estimate of drug-likeness (QED) is 0.444. The highest BCUT2D eigenvalue weighted by Gasteiger charge is 2.46. The lowest BCUT2D eigenvalue weighted by molar-refractivity contribution is -0.384. The number of carbonyl (C=O) groups is 2. The van der Waals surface area contributed by atoms with Crippen LogP contribution >= 0.6 is 0 Å². The highest BCUT2D eigenvalue weighted by Crippen LogP contribution is 2.43. The first-order valence-corrected chi connectivity index (χ1v) is 10.0. The van der Waals surface area contributed by atoms with E-state index in [-0.39, 0.29) is 5.69 Å². The van der Waals surface area contributed by atoms with Crippen molar-refractivity contribution < 1.29 is 19.2 Å². The van der Waals surface area contributed by atoms with E-state index < -0.39 is 34.4 Å². The lowest BCUT2D eigenvalue weighted by atomic mass is 9.83. The fourth-order valence-corrected chi connectivity index (χ4v) is 4.49. The van der Waals surface area contributed by atoms with Crippen LogP contribution in [0.4, 0.5) is 11.4 Å². The molecule has 0 aromatic heterocycles. The highest BCUT2D eigenvalue weighted by atomic mass is 16.6. The average molecular weight is 409 g/mol. The van der Waals surface area contributed by atoms with Gasteiger partial charge in [0, 0.05) is 23.7 Å². The Balaban J connectivity index is 1.70. The summed E-state index contributed by atoms with van der Waals surface area (Å²) in [4.78, 5) is 36.3. The minimum atomic E-state index is -1.29. The minimum Gasteiger partial charge on any atom is -0.447 e. The van der Waals surface area contributed by atoms with Crippen LogP contribution in [0.5, 0.6) is 0 Å². The number of benzene rings is 2. The zero-order chi connectivity index (χ0) is 21.3. The number of non-ortho nitro benzene ring substituents is 1. The van der Waals surface area contributed by atoms with E-state index in [0.29, 0.717) is 24.1 Å². The maximum Gasteiger partial charge on any atom is 0.330 e. The molecule has 8 heteroatoms. The summed E-state index contributed by atoms with van der Waals surface area (Å²) in [5.41, 5.74) is 6.38. The number of fused-ring (bicyclic) bond motifs is 1. The van der Waals surface area contributed by atoms with Crippen LogP contribution in [0.2, 0.25) is 0 Å². The first-order chi connectivity index (χ1) is 14.4. The number of nitrogens with one attached hydrogen (secondary N) is 1. The second kappa shape index (κ2) is 7.78. The molecule has 1 fully saturated rings. The van der Waals surface area contributed by atoms with Gasteiger partial charge in [-0.05, 0) is 42.9 Å². The Labute approximate surface area is 173 Å². The van der Waals surface area contributed by atoms with Gasteiger partial charge >= 0.3 is 5.97 Å². The molecule has 0 bridgehead atoms. The minimum absolute atomic E-state index is 0.0496. The number of nitro benzene ring substituents is 1. The predicted octanol–water partition coefficient (Wildman–Crippen LogP) is 3.25. The Kier molecular flexibility index (Phi) is 5.15. The number of nitrogens with zero attached hydrogens (tertiary/aromatic N) is 1. The van der Waals surface area contributed by atoms with Crippen molar-refractivity contribution in [2.24, 2.45) is 5.73 Å². The zero-order valence-electron chi connectivity index (χ0n) is 16.4. The average Bonchev–Trinajstić information content (AvgIpc) is 3.14. The summed E-state index contributed by atoms with van der Waals surface area (Å²) in [6, 6.07) is 12.9. The van der Waals surface area contributed by atoms with Crippen LogP contribution in [0.3, 0.4) is 0 Å². The fourth-order valence-electron chi connectivity index (χ4n) is 4.49. The number of esters is 1. The van der Waals surface area contributed by atoms with Crippen molar-refractivity contribution in [1.29, 1.82) is 0 Å². The van der Waals surface area contributed by atoms with Crippen LogP contribution in [0, 0.1) is 10.1 Å². The van der Waals surface area contributed by atoms with Crippen LogP contribution in [0.15, 0.2) is 48.5 Å². The van der Waals surface area contributed by atoms with Crippen molar-refractivity contribution in [2.45, 2.75) is 49.7 Å². The molecule has 1 aliphatic carbocycles. The molecule has 3 N–H and O–H groups in total. The number of nitrogens with two attached hydrogens (primary N) is 1.